The van der Waals surface area contributed by atoms with Gasteiger partial charge in [0.25, 0.3) is 0 Å². The second kappa shape index (κ2) is 8.92. The SMILES string of the molecule is CN=C(NCCCCN(C)C(C)C)N1CCc2ccccc2C1. The molecule has 0 aliphatic carbocycles. The van der Waals surface area contributed by atoms with Gasteiger partial charge in [0.05, 0.1) is 0 Å². The molecule has 0 bridgehead atoms. The van der Waals surface area contributed by atoms with Crippen LogP contribution in [0.15, 0.2) is 29.3 Å². The number of rotatable bonds is 6. The molecule has 0 radical (unpaired) electrons. The number of nitrogens with zero attached hydrogens (tertiary/aromatic N) is 3. The molecule has 0 aromatic heterocycles. The van der Waals surface area contributed by atoms with E-state index in [1.165, 1.54) is 24.0 Å². The number of hydrogen-bond donors (Lipinski definition) is 1. The van der Waals surface area contributed by atoms with E-state index in [1.807, 2.05) is 7.05 Å². The highest BCUT2D eigenvalue weighted by Gasteiger charge is 2.18. The Morgan fingerprint density at radius 3 is 2.70 bits per heavy atom. The van der Waals surface area contributed by atoms with Crippen molar-refractivity contribution in [2.75, 3.05) is 33.7 Å². The highest BCUT2D eigenvalue weighted by Crippen LogP contribution is 2.18. The number of nitrogens with one attached hydrogen (secondary N) is 1. The van der Waals surface area contributed by atoms with Crippen molar-refractivity contribution in [3.63, 3.8) is 0 Å². The molecule has 0 unspecified atom stereocenters. The molecule has 0 fully saturated rings. The van der Waals surface area contributed by atoms with Gasteiger partial charge in [-0.3, -0.25) is 4.99 Å². The molecule has 0 atom stereocenters. The third kappa shape index (κ3) is 5.24. The lowest BCUT2D eigenvalue weighted by Gasteiger charge is -2.31. The summed E-state index contributed by atoms with van der Waals surface area (Å²) < 4.78 is 0. The summed E-state index contributed by atoms with van der Waals surface area (Å²) in [7, 11) is 4.08. The maximum atomic E-state index is 4.47. The summed E-state index contributed by atoms with van der Waals surface area (Å²) in [5, 5.41) is 3.53. The van der Waals surface area contributed by atoms with Crippen LogP contribution in [0, 0.1) is 0 Å². The smallest absolute Gasteiger partial charge is 0.193 e. The molecule has 1 heterocycles. The zero-order valence-corrected chi connectivity index (χ0v) is 15.2. The van der Waals surface area contributed by atoms with Gasteiger partial charge in [0, 0.05) is 32.7 Å². The number of fused-ring (bicyclic) bond motifs is 1. The Morgan fingerprint density at radius 2 is 2.00 bits per heavy atom. The average Bonchev–Trinajstić information content (AvgIpc) is 2.57. The second-order valence-corrected chi connectivity index (χ2v) is 6.70. The van der Waals surface area contributed by atoms with Crippen molar-refractivity contribution in [1.29, 1.82) is 0 Å². The molecule has 0 amide bonds. The van der Waals surface area contributed by atoms with Crippen LogP contribution in [-0.2, 0) is 13.0 Å². The third-order valence-corrected chi connectivity index (χ3v) is 4.74. The highest BCUT2D eigenvalue weighted by molar-refractivity contribution is 5.80. The molecule has 1 N–H and O–H groups in total. The molecule has 1 aromatic carbocycles. The molecular formula is C19H32N4. The van der Waals surface area contributed by atoms with Crippen LogP contribution >= 0.6 is 0 Å². The van der Waals surface area contributed by atoms with E-state index in [9.17, 15) is 0 Å². The fourth-order valence-electron chi connectivity index (χ4n) is 2.95. The molecule has 128 valence electrons. The first kappa shape index (κ1) is 17.8. The van der Waals surface area contributed by atoms with Crippen molar-refractivity contribution in [2.45, 2.75) is 45.7 Å². The lowest BCUT2D eigenvalue weighted by molar-refractivity contribution is 0.268. The lowest BCUT2D eigenvalue weighted by Crippen LogP contribution is -2.44. The van der Waals surface area contributed by atoms with Gasteiger partial charge in [0.2, 0.25) is 0 Å². The molecular weight excluding hydrogens is 284 g/mol. The van der Waals surface area contributed by atoms with E-state index in [2.05, 4.69) is 65.3 Å². The van der Waals surface area contributed by atoms with Gasteiger partial charge in [-0.25, -0.2) is 0 Å². The predicted molar refractivity (Wildman–Crippen MR) is 98.9 cm³/mol. The maximum absolute atomic E-state index is 4.47. The number of aliphatic imine (C=N–C) groups is 1. The van der Waals surface area contributed by atoms with Crippen molar-refractivity contribution in [3.8, 4) is 0 Å². The summed E-state index contributed by atoms with van der Waals surface area (Å²) in [5.74, 6) is 1.04. The first-order chi connectivity index (χ1) is 11.1. The second-order valence-electron chi connectivity index (χ2n) is 6.70. The summed E-state index contributed by atoms with van der Waals surface area (Å²) in [5.41, 5.74) is 2.91. The van der Waals surface area contributed by atoms with Crippen molar-refractivity contribution >= 4 is 5.96 Å². The van der Waals surface area contributed by atoms with E-state index in [-0.39, 0.29) is 0 Å². The monoisotopic (exact) mass is 316 g/mol. The van der Waals surface area contributed by atoms with E-state index in [0.29, 0.717) is 6.04 Å². The van der Waals surface area contributed by atoms with Crippen LogP contribution in [0.2, 0.25) is 0 Å². The Bertz CT molecular complexity index is 510. The van der Waals surface area contributed by atoms with Crippen LogP contribution in [0.25, 0.3) is 0 Å². The summed E-state index contributed by atoms with van der Waals surface area (Å²) in [4.78, 5) is 9.23. The minimum atomic E-state index is 0.629. The fraction of sp³-hybridized carbons (Fsp3) is 0.632. The zero-order chi connectivity index (χ0) is 16.7. The van der Waals surface area contributed by atoms with Crippen molar-refractivity contribution < 1.29 is 0 Å². The summed E-state index contributed by atoms with van der Waals surface area (Å²) >= 11 is 0. The van der Waals surface area contributed by atoms with E-state index >= 15 is 0 Å². The molecule has 0 saturated heterocycles. The van der Waals surface area contributed by atoms with Gasteiger partial charge in [0.15, 0.2) is 5.96 Å². The minimum Gasteiger partial charge on any atom is -0.356 e. The summed E-state index contributed by atoms with van der Waals surface area (Å²) in [6.45, 7) is 8.66. The zero-order valence-electron chi connectivity index (χ0n) is 15.2. The van der Waals surface area contributed by atoms with E-state index < -0.39 is 0 Å². The van der Waals surface area contributed by atoms with Crippen LogP contribution in [0.3, 0.4) is 0 Å². The summed E-state index contributed by atoms with van der Waals surface area (Å²) in [6, 6.07) is 9.37. The van der Waals surface area contributed by atoms with Crippen molar-refractivity contribution in [2.24, 2.45) is 4.99 Å². The highest BCUT2D eigenvalue weighted by atomic mass is 15.3. The molecule has 1 aliphatic heterocycles. The van der Waals surface area contributed by atoms with E-state index in [1.54, 1.807) is 0 Å². The van der Waals surface area contributed by atoms with Gasteiger partial charge in [-0.1, -0.05) is 24.3 Å². The Hall–Kier alpha value is -1.55. The predicted octanol–water partition coefficient (Wildman–Crippen LogP) is 2.74. The van der Waals surface area contributed by atoms with Crippen LogP contribution in [-0.4, -0.2) is 55.5 Å². The third-order valence-electron chi connectivity index (χ3n) is 4.74. The molecule has 2 rings (SSSR count). The average molecular weight is 316 g/mol. The normalized spacial score (nSPS) is 15.2. The van der Waals surface area contributed by atoms with Gasteiger partial charge in [0.1, 0.15) is 0 Å². The Labute approximate surface area is 141 Å². The molecule has 1 aliphatic rings. The number of hydrogen-bond acceptors (Lipinski definition) is 2. The maximum Gasteiger partial charge on any atom is 0.193 e. The lowest BCUT2D eigenvalue weighted by atomic mass is 10.0. The first-order valence-electron chi connectivity index (χ1n) is 8.84. The van der Waals surface area contributed by atoms with E-state index in [0.717, 1.165) is 38.6 Å². The number of benzene rings is 1. The molecule has 4 heteroatoms. The molecule has 23 heavy (non-hydrogen) atoms. The van der Waals surface area contributed by atoms with Gasteiger partial charge in [-0.15, -0.1) is 0 Å². The van der Waals surface area contributed by atoms with Crippen molar-refractivity contribution in [3.05, 3.63) is 35.4 Å². The Morgan fingerprint density at radius 1 is 1.26 bits per heavy atom. The van der Waals surface area contributed by atoms with E-state index in [4.69, 9.17) is 0 Å². The summed E-state index contributed by atoms with van der Waals surface area (Å²) in [6.07, 6.45) is 3.51. The first-order valence-corrected chi connectivity index (χ1v) is 8.84. The van der Waals surface area contributed by atoms with Crippen LogP contribution < -0.4 is 5.32 Å². The molecule has 1 aromatic rings. The largest absolute Gasteiger partial charge is 0.356 e. The van der Waals surface area contributed by atoms with Gasteiger partial charge < -0.3 is 15.1 Å². The Kier molecular flexibility index (Phi) is 6.90. The topological polar surface area (TPSA) is 30.9 Å². The van der Waals surface area contributed by atoms with Crippen LogP contribution in [0.5, 0.6) is 0 Å². The van der Waals surface area contributed by atoms with Crippen LogP contribution in [0.1, 0.15) is 37.8 Å². The van der Waals surface area contributed by atoms with Crippen LogP contribution in [0.4, 0.5) is 0 Å². The van der Waals surface area contributed by atoms with Gasteiger partial charge in [-0.2, -0.15) is 0 Å². The number of guanidine groups is 1. The Balaban J connectivity index is 1.74. The van der Waals surface area contributed by atoms with Gasteiger partial charge >= 0.3 is 0 Å². The minimum absolute atomic E-state index is 0.629. The van der Waals surface area contributed by atoms with Crippen molar-refractivity contribution in [1.82, 2.24) is 15.1 Å². The standard InChI is InChI=1S/C19H32N4/c1-16(2)22(4)13-8-7-12-21-19(20-3)23-14-11-17-9-5-6-10-18(17)15-23/h5-6,9-10,16H,7-8,11-15H2,1-4H3,(H,20,21). The number of unbranched alkanes of at least 4 members (excludes halogenated alkanes) is 1. The molecule has 0 spiro atoms. The van der Waals surface area contributed by atoms with Gasteiger partial charge in [-0.05, 0) is 57.8 Å². The molecule has 0 saturated carbocycles. The quantitative estimate of drug-likeness (QED) is 0.497. The molecule has 4 nitrogen and oxygen atoms in total. The fourth-order valence-corrected chi connectivity index (χ4v) is 2.95.